The van der Waals surface area contributed by atoms with Crippen molar-refractivity contribution >= 4 is 0 Å². The van der Waals surface area contributed by atoms with Crippen molar-refractivity contribution in [1.29, 1.82) is 0 Å². The zero-order chi connectivity index (χ0) is 8.59. The molecule has 0 atom stereocenters. The third-order valence-electron chi connectivity index (χ3n) is 2.21. The van der Waals surface area contributed by atoms with Crippen LogP contribution in [0.4, 0.5) is 0 Å². The van der Waals surface area contributed by atoms with Crippen molar-refractivity contribution in [3.63, 3.8) is 0 Å². The second-order valence-corrected chi connectivity index (χ2v) is 2.97. The smallest absolute Gasteiger partial charge is 0.565 e. The molecule has 0 aliphatic heterocycles. The molecule has 0 spiro atoms. The molecule has 0 saturated heterocycles. The molecule has 0 aliphatic rings. The minimum atomic E-state index is 0. The summed E-state index contributed by atoms with van der Waals surface area (Å²) < 4.78 is 0. The van der Waals surface area contributed by atoms with Crippen LogP contribution in [0.2, 0.25) is 0 Å². The van der Waals surface area contributed by atoms with Gasteiger partial charge in [0.2, 0.25) is 0 Å². The molecule has 2 heteroatoms. The van der Waals surface area contributed by atoms with E-state index in [1.165, 1.54) is 0 Å². The summed E-state index contributed by atoms with van der Waals surface area (Å²) >= 11 is 0. The summed E-state index contributed by atoms with van der Waals surface area (Å²) in [7, 11) is 0. The largest absolute Gasteiger partial charge is 1.00 e. The summed E-state index contributed by atoms with van der Waals surface area (Å²) in [5.41, 5.74) is 4.07. The Morgan fingerprint density at radius 3 is 1.92 bits per heavy atom. The average Bonchev–Trinajstić information content (AvgIpc) is 1.97. The predicted octanol–water partition coefficient (Wildman–Crippen LogP) is 2.42. The third-order valence-corrected chi connectivity index (χ3v) is 2.21. The van der Waals surface area contributed by atoms with Gasteiger partial charge in [-0.05, 0) is 0 Å². The summed E-state index contributed by atoms with van der Waals surface area (Å²) in [6, 6.07) is 3.10. The van der Waals surface area contributed by atoms with Crippen LogP contribution in [0.3, 0.4) is 0 Å². The molecule has 1 radical (unpaired) electrons. The number of aryl methyl sites for hydroxylation is 2. The fourth-order valence-corrected chi connectivity index (χ4v) is 1.17. The van der Waals surface area contributed by atoms with E-state index in [1.54, 1.807) is 0 Å². The fourth-order valence-electron chi connectivity index (χ4n) is 1.17. The van der Waals surface area contributed by atoms with E-state index in [0.29, 0.717) is 5.75 Å². The molecule has 0 amide bonds. The molecule has 1 rings (SSSR count). The molecule has 0 saturated carbocycles. The number of rotatable bonds is 0. The Morgan fingerprint density at radius 1 is 0.917 bits per heavy atom. The predicted molar refractivity (Wildman–Crippen MR) is 45.9 cm³/mol. The summed E-state index contributed by atoms with van der Waals surface area (Å²) in [5, 5.41) is 9.48. The first-order valence-corrected chi connectivity index (χ1v) is 3.72. The van der Waals surface area contributed by atoms with Crippen LogP contribution in [0.5, 0.6) is 5.75 Å². The van der Waals surface area contributed by atoms with Crippen LogP contribution in [0.25, 0.3) is 0 Å². The Morgan fingerprint density at radius 2 is 1.42 bits per heavy atom. The van der Waals surface area contributed by atoms with Gasteiger partial charge < -0.3 is 5.11 Å². The van der Waals surface area contributed by atoms with Crippen molar-refractivity contribution in [2.45, 2.75) is 27.7 Å². The Hall–Kier alpha value is -0.357. The molecule has 1 aromatic rings. The van der Waals surface area contributed by atoms with E-state index in [9.17, 15) is 5.11 Å². The molecule has 0 fully saturated rings. The van der Waals surface area contributed by atoms with E-state index in [0.717, 1.165) is 22.3 Å². The molecule has 0 aromatic heterocycles. The molecule has 0 unspecified atom stereocenters. The number of benzene rings is 1. The third kappa shape index (κ3) is 1.87. The normalized spacial score (nSPS) is 9.33. The van der Waals surface area contributed by atoms with Gasteiger partial charge in [0.15, 0.2) is 0 Å². The van der Waals surface area contributed by atoms with Crippen molar-refractivity contribution < 1.29 is 24.6 Å². The van der Waals surface area contributed by atoms with Crippen molar-refractivity contribution in [2.75, 3.05) is 0 Å². The monoisotopic (exact) mass is 251 g/mol. The zero-order valence-electron chi connectivity index (χ0n) is 7.80. The van der Waals surface area contributed by atoms with Crippen LogP contribution < -0.4 is 0 Å². The van der Waals surface area contributed by atoms with Gasteiger partial charge in [0.25, 0.3) is 0 Å². The SMILES string of the molecule is Cc1[c-]c(C)c(O)c(C)c1C.[Ru+]. The summed E-state index contributed by atoms with van der Waals surface area (Å²) in [6.07, 6.45) is 0. The molecule has 1 nitrogen and oxygen atoms in total. The number of aromatic hydroxyl groups is 1. The van der Waals surface area contributed by atoms with Crippen molar-refractivity contribution in [3.8, 4) is 5.75 Å². The van der Waals surface area contributed by atoms with Crippen LogP contribution in [0.1, 0.15) is 22.3 Å². The standard InChI is InChI=1S/C10H13O.Ru/c1-6-5-7(2)10(11)9(4)8(6)3;/h11H,1-4H3;/q-1;+1. The summed E-state index contributed by atoms with van der Waals surface area (Å²) in [6.45, 7) is 7.81. The maximum atomic E-state index is 9.48. The van der Waals surface area contributed by atoms with E-state index >= 15 is 0 Å². The van der Waals surface area contributed by atoms with Gasteiger partial charge in [-0.1, -0.05) is 27.7 Å². The van der Waals surface area contributed by atoms with Gasteiger partial charge in [-0.15, -0.1) is 16.7 Å². The maximum absolute atomic E-state index is 9.48. The summed E-state index contributed by atoms with van der Waals surface area (Å²) in [4.78, 5) is 0. The van der Waals surface area contributed by atoms with E-state index in [1.807, 2.05) is 27.7 Å². The van der Waals surface area contributed by atoms with E-state index in [-0.39, 0.29) is 19.5 Å². The molecule has 0 aliphatic carbocycles. The Balaban J connectivity index is 0.00000121. The Bertz CT molecular complexity index is 266. The van der Waals surface area contributed by atoms with Crippen molar-refractivity contribution in [3.05, 3.63) is 28.3 Å². The number of phenolic OH excluding ortho intramolecular Hbond substituents is 1. The van der Waals surface area contributed by atoms with Gasteiger partial charge in [0.05, 0.1) is 0 Å². The first kappa shape index (κ1) is 11.6. The first-order valence-electron chi connectivity index (χ1n) is 3.72. The molecule has 0 heterocycles. The van der Waals surface area contributed by atoms with Gasteiger partial charge in [0, 0.05) is 5.75 Å². The molecule has 1 aromatic carbocycles. The minimum absolute atomic E-state index is 0. The van der Waals surface area contributed by atoms with Gasteiger partial charge in [-0.2, -0.15) is 11.6 Å². The van der Waals surface area contributed by atoms with Gasteiger partial charge in [0.1, 0.15) is 0 Å². The summed E-state index contributed by atoms with van der Waals surface area (Å²) in [5.74, 6) is 0.383. The Kier molecular flexibility index (Phi) is 3.92. The quantitative estimate of drug-likeness (QED) is 0.554. The van der Waals surface area contributed by atoms with E-state index in [2.05, 4.69) is 6.07 Å². The minimum Gasteiger partial charge on any atom is -0.565 e. The van der Waals surface area contributed by atoms with Crippen molar-refractivity contribution in [1.82, 2.24) is 0 Å². The number of hydrogen-bond donors (Lipinski definition) is 1. The molecule has 1 N–H and O–H groups in total. The van der Waals surface area contributed by atoms with E-state index < -0.39 is 0 Å². The molecular formula is C10H13ORu. The Labute approximate surface area is 86.6 Å². The van der Waals surface area contributed by atoms with Crippen LogP contribution in [0, 0.1) is 33.8 Å². The molecule has 67 valence electrons. The molecular weight excluding hydrogens is 237 g/mol. The molecule has 12 heavy (non-hydrogen) atoms. The zero-order valence-corrected chi connectivity index (χ0v) is 9.54. The van der Waals surface area contributed by atoms with Crippen LogP contribution in [-0.2, 0) is 19.5 Å². The van der Waals surface area contributed by atoms with E-state index in [4.69, 9.17) is 0 Å². The molecule has 0 bridgehead atoms. The maximum Gasteiger partial charge on any atom is 1.00 e. The van der Waals surface area contributed by atoms with Gasteiger partial charge in [-0.25, -0.2) is 0 Å². The number of hydrogen-bond acceptors (Lipinski definition) is 1. The van der Waals surface area contributed by atoms with Gasteiger partial charge >= 0.3 is 19.5 Å². The first-order chi connectivity index (χ1) is 5.04. The van der Waals surface area contributed by atoms with Crippen LogP contribution in [0.15, 0.2) is 0 Å². The second kappa shape index (κ2) is 4.04. The second-order valence-electron chi connectivity index (χ2n) is 2.97. The number of phenols is 1. The topological polar surface area (TPSA) is 20.2 Å². The van der Waals surface area contributed by atoms with Crippen molar-refractivity contribution in [2.24, 2.45) is 0 Å². The average molecular weight is 250 g/mol. The van der Waals surface area contributed by atoms with Gasteiger partial charge in [-0.3, -0.25) is 0 Å². The van der Waals surface area contributed by atoms with Crippen LogP contribution in [-0.4, -0.2) is 5.11 Å². The fraction of sp³-hybridized carbons (Fsp3) is 0.400. The van der Waals surface area contributed by atoms with Crippen LogP contribution >= 0.6 is 0 Å².